The van der Waals surface area contributed by atoms with E-state index in [-0.39, 0.29) is 24.3 Å². The zero-order valence-electron chi connectivity index (χ0n) is 16.1. The van der Waals surface area contributed by atoms with Crippen molar-refractivity contribution >= 4 is 18.1 Å². The maximum Gasteiger partial charge on any atom is 0.240 e. The number of carbonyl (C=O) groups is 1. The van der Waals surface area contributed by atoms with Crippen LogP contribution in [0.2, 0.25) is 0 Å². The van der Waals surface area contributed by atoms with Crippen molar-refractivity contribution in [2.45, 2.75) is 46.2 Å². The molecule has 3 aromatic rings. The highest BCUT2D eigenvalue weighted by atomic mass is 32.1. The number of benzene rings is 1. The molecule has 1 atom stereocenters. The molecule has 28 heavy (non-hydrogen) atoms. The van der Waals surface area contributed by atoms with Gasteiger partial charge in [-0.05, 0) is 56.8 Å². The summed E-state index contributed by atoms with van der Waals surface area (Å²) in [7, 11) is 0. The van der Waals surface area contributed by atoms with Crippen LogP contribution in [0.25, 0.3) is 5.69 Å². The van der Waals surface area contributed by atoms with Crippen LogP contribution in [-0.2, 0) is 17.8 Å². The number of halogens is 1. The summed E-state index contributed by atoms with van der Waals surface area (Å²) < 4.78 is 17.0. The molecule has 2 N–H and O–H groups in total. The number of aryl methyl sites for hydroxylation is 1. The predicted molar refractivity (Wildman–Crippen MR) is 106 cm³/mol. The van der Waals surface area contributed by atoms with E-state index < -0.39 is 0 Å². The average Bonchev–Trinajstić information content (AvgIpc) is 3.20. The fourth-order valence-corrected chi connectivity index (χ4v) is 3.34. The summed E-state index contributed by atoms with van der Waals surface area (Å²) in [4.78, 5) is 12.5. The van der Waals surface area contributed by atoms with Gasteiger partial charge < -0.3 is 5.32 Å². The molecule has 9 heteroatoms. The normalized spacial score (nSPS) is 12.1. The van der Waals surface area contributed by atoms with E-state index in [4.69, 9.17) is 12.2 Å². The van der Waals surface area contributed by atoms with Gasteiger partial charge >= 0.3 is 0 Å². The van der Waals surface area contributed by atoms with Gasteiger partial charge in [0.25, 0.3) is 0 Å². The van der Waals surface area contributed by atoms with Gasteiger partial charge in [-0.2, -0.15) is 10.2 Å². The molecule has 0 unspecified atom stereocenters. The first-order valence-electron chi connectivity index (χ1n) is 9.14. The second-order valence-electron chi connectivity index (χ2n) is 6.64. The van der Waals surface area contributed by atoms with E-state index in [1.807, 2.05) is 20.8 Å². The molecule has 0 saturated carbocycles. The van der Waals surface area contributed by atoms with Crippen LogP contribution in [0.15, 0.2) is 30.5 Å². The fourth-order valence-electron chi connectivity index (χ4n) is 3.13. The predicted octanol–water partition coefficient (Wildman–Crippen LogP) is 3.40. The maximum absolute atomic E-state index is 13.1. The largest absolute Gasteiger partial charge is 0.348 e. The molecular weight excluding hydrogens is 379 g/mol. The number of H-pyrrole nitrogens is 1. The molecule has 3 rings (SSSR count). The summed E-state index contributed by atoms with van der Waals surface area (Å²) in [5, 5.41) is 14.3. The van der Waals surface area contributed by atoms with Gasteiger partial charge in [-0.25, -0.2) is 9.07 Å². The van der Waals surface area contributed by atoms with Gasteiger partial charge in [-0.1, -0.05) is 6.92 Å². The lowest BCUT2D eigenvalue weighted by molar-refractivity contribution is -0.122. The first-order chi connectivity index (χ1) is 13.4. The highest BCUT2D eigenvalue weighted by molar-refractivity contribution is 7.71. The van der Waals surface area contributed by atoms with Crippen molar-refractivity contribution in [3.8, 4) is 5.69 Å². The lowest BCUT2D eigenvalue weighted by atomic mass is 10.1. The summed E-state index contributed by atoms with van der Waals surface area (Å²) in [6.07, 6.45) is 3.38. The molecule has 0 aliphatic heterocycles. The van der Waals surface area contributed by atoms with Crippen LogP contribution in [0.1, 0.15) is 43.4 Å². The summed E-state index contributed by atoms with van der Waals surface area (Å²) in [5.41, 5.74) is 2.53. The molecule has 0 saturated heterocycles. The Balaban J connectivity index is 1.72. The Morgan fingerprint density at radius 3 is 2.75 bits per heavy atom. The standard InChI is InChI=1S/C19H23FN6OS/c1-4-5-17-23-24-19(28)25(17)11-18(27)22-12(2)16-10-21-26(13(16)3)15-8-6-14(20)7-9-15/h6-10,12H,4-5,11H2,1-3H3,(H,22,27)(H,24,28)/t12-/m0/s1. The van der Waals surface area contributed by atoms with Gasteiger partial charge in [0.15, 0.2) is 4.77 Å². The van der Waals surface area contributed by atoms with Crippen molar-refractivity contribution in [2.24, 2.45) is 0 Å². The molecule has 0 radical (unpaired) electrons. The Bertz CT molecular complexity index is 1020. The molecule has 2 heterocycles. The highest BCUT2D eigenvalue weighted by Crippen LogP contribution is 2.20. The van der Waals surface area contributed by atoms with Crippen molar-refractivity contribution in [3.63, 3.8) is 0 Å². The lowest BCUT2D eigenvalue weighted by Gasteiger charge is -2.15. The molecule has 0 aliphatic rings. The Labute approximate surface area is 167 Å². The van der Waals surface area contributed by atoms with Crippen LogP contribution in [0.5, 0.6) is 0 Å². The molecule has 148 valence electrons. The van der Waals surface area contributed by atoms with Gasteiger partial charge in [0, 0.05) is 17.7 Å². The zero-order chi connectivity index (χ0) is 20.3. The second-order valence-corrected chi connectivity index (χ2v) is 7.03. The zero-order valence-corrected chi connectivity index (χ0v) is 16.9. The molecule has 2 aromatic heterocycles. The first kappa shape index (κ1) is 19.9. The Kier molecular flexibility index (Phi) is 6.03. The van der Waals surface area contributed by atoms with Crippen LogP contribution < -0.4 is 5.32 Å². The SMILES string of the molecule is CCCc1n[nH]c(=S)n1CC(=O)N[C@@H](C)c1cnn(-c2ccc(F)cc2)c1C. The number of rotatable bonds is 7. The Morgan fingerprint density at radius 1 is 1.36 bits per heavy atom. The van der Waals surface area contributed by atoms with E-state index in [0.717, 1.165) is 35.6 Å². The van der Waals surface area contributed by atoms with Crippen LogP contribution in [0.3, 0.4) is 0 Å². The molecule has 0 bridgehead atoms. The minimum absolute atomic E-state index is 0.111. The molecule has 0 spiro atoms. The monoisotopic (exact) mass is 402 g/mol. The smallest absolute Gasteiger partial charge is 0.240 e. The van der Waals surface area contributed by atoms with Gasteiger partial charge in [-0.15, -0.1) is 0 Å². The average molecular weight is 402 g/mol. The van der Waals surface area contributed by atoms with E-state index >= 15 is 0 Å². The van der Waals surface area contributed by atoms with Crippen LogP contribution in [0, 0.1) is 17.5 Å². The van der Waals surface area contributed by atoms with Gasteiger partial charge in [-0.3, -0.25) is 14.5 Å². The van der Waals surface area contributed by atoms with E-state index in [0.29, 0.717) is 4.77 Å². The van der Waals surface area contributed by atoms with E-state index in [9.17, 15) is 9.18 Å². The third kappa shape index (κ3) is 4.19. The van der Waals surface area contributed by atoms with Gasteiger partial charge in [0.1, 0.15) is 18.2 Å². The quantitative estimate of drug-likeness (QED) is 0.594. The number of aromatic amines is 1. The Hall–Kier alpha value is -2.81. The van der Waals surface area contributed by atoms with Crippen molar-refractivity contribution in [1.82, 2.24) is 29.9 Å². The van der Waals surface area contributed by atoms with Crippen molar-refractivity contribution in [3.05, 3.63) is 58.1 Å². The number of amides is 1. The van der Waals surface area contributed by atoms with E-state index in [2.05, 4.69) is 20.6 Å². The van der Waals surface area contributed by atoms with Crippen molar-refractivity contribution < 1.29 is 9.18 Å². The molecule has 1 amide bonds. The molecule has 1 aromatic carbocycles. The van der Waals surface area contributed by atoms with E-state index in [1.54, 1.807) is 27.6 Å². The van der Waals surface area contributed by atoms with Crippen LogP contribution >= 0.6 is 12.2 Å². The number of nitrogens with one attached hydrogen (secondary N) is 2. The fraction of sp³-hybridized carbons (Fsp3) is 0.368. The van der Waals surface area contributed by atoms with Crippen molar-refractivity contribution in [2.75, 3.05) is 0 Å². The number of hydrogen-bond donors (Lipinski definition) is 2. The number of aromatic nitrogens is 5. The van der Waals surface area contributed by atoms with E-state index in [1.165, 1.54) is 12.1 Å². The topological polar surface area (TPSA) is 80.5 Å². The number of hydrogen-bond acceptors (Lipinski definition) is 4. The molecular formula is C19H23FN6OS. The first-order valence-corrected chi connectivity index (χ1v) is 9.55. The summed E-state index contributed by atoms with van der Waals surface area (Å²) in [5.74, 6) is 0.321. The third-order valence-corrected chi connectivity index (χ3v) is 4.89. The second kappa shape index (κ2) is 8.47. The molecule has 0 fully saturated rings. The van der Waals surface area contributed by atoms with Crippen molar-refractivity contribution in [1.29, 1.82) is 0 Å². The Morgan fingerprint density at radius 2 is 2.07 bits per heavy atom. The molecule has 0 aliphatic carbocycles. The van der Waals surface area contributed by atoms with Crippen LogP contribution in [-0.4, -0.2) is 30.5 Å². The number of carbonyl (C=O) groups excluding carboxylic acids is 1. The summed E-state index contributed by atoms with van der Waals surface area (Å²) in [6.45, 7) is 5.98. The minimum atomic E-state index is -0.297. The highest BCUT2D eigenvalue weighted by Gasteiger charge is 2.17. The summed E-state index contributed by atoms with van der Waals surface area (Å²) in [6, 6.07) is 5.88. The minimum Gasteiger partial charge on any atom is -0.348 e. The maximum atomic E-state index is 13.1. The molecule has 7 nitrogen and oxygen atoms in total. The lowest BCUT2D eigenvalue weighted by Crippen LogP contribution is -2.31. The van der Waals surface area contributed by atoms with Gasteiger partial charge in [0.2, 0.25) is 5.91 Å². The van der Waals surface area contributed by atoms with Crippen LogP contribution in [0.4, 0.5) is 4.39 Å². The van der Waals surface area contributed by atoms with Gasteiger partial charge in [0.05, 0.1) is 17.9 Å². The number of nitrogens with zero attached hydrogens (tertiary/aromatic N) is 4. The summed E-state index contributed by atoms with van der Waals surface area (Å²) >= 11 is 5.22. The third-order valence-electron chi connectivity index (χ3n) is 4.58.